The van der Waals surface area contributed by atoms with E-state index in [0.29, 0.717) is 0 Å². The molecule has 74 valence electrons. The fraction of sp³-hybridized carbons (Fsp3) is 0.429. The van der Waals surface area contributed by atoms with Crippen molar-refractivity contribution < 1.29 is 0 Å². The Morgan fingerprint density at radius 2 is 2.43 bits per heavy atom. The molecule has 0 unspecified atom stereocenters. The Kier molecular flexibility index (Phi) is 2.80. The van der Waals surface area contributed by atoms with Crippen LogP contribution < -0.4 is 5.32 Å². The van der Waals surface area contributed by atoms with E-state index in [1.165, 1.54) is 11.3 Å². The van der Waals surface area contributed by atoms with Crippen molar-refractivity contribution >= 4 is 11.3 Å². The molecule has 6 nitrogen and oxygen atoms in total. The largest absolute Gasteiger partial charge is 0.311 e. The van der Waals surface area contributed by atoms with Crippen LogP contribution in [0.15, 0.2) is 6.20 Å². The summed E-state index contributed by atoms with van der Waals surface area (Å²) >= 11 is 1.52. The van der Waals surface area contributed by atoms with Gasteiger partial charge in [-0.15, -0.1) is 10.2 Å². The first-order chi connectivity index (χ1) is 6.90. The minimum atomic E-state index is 0.741. The molecular formula is C7H10N6S. The van der Waals surface area contributed by atoms with Gasteiger partial charge in [-0.05, 0) is 6.54 Å². The van der Waals surface area contributed by atoms with Crippen LogP contribution in [0.1, 0.15) is 11.9 Å². The molecule has 0 fully saturated rings. The fourth-order valence-electron chi connectivity index (χ4n) is 0.965. The number of aromatic nitrogens is 5. The van der Waals surface area contributed by atoms with E-state index in [1.807, 2.05) is 0 Å². The Bertz CT molecular complexity index is 381. The number of hydrogen-bond acceptors (Lipinski definition) is 6. The molecule has 7 heteroatoms. The van der Waals surface area contributed by atoms with Gasteiger partial charge in [0.1, 0.15) is 10.7 Å². The van der Waals surface area contributed by atoms with Crippen LogP contribution in [-0.4, -0.2) is 32.2 Å². The van der Waals surface area contributed by atoms with E-state index in [0.717, 1.165) is 28.8 Å². The summed E-state index contributed by atoms with van der Waals surface area (Å²) in [6, 6.07) is 0. The van der Waals surface area contributed by atoms with Crippen LogP contribution in [0, 0.1) is 0 Å². The summed E-state index contributed by atoms with van der Waals surface area (Å²) in [5.41, 5.74) is 0.741. The van der Waals surface area contributed by atoms with Crippen molar-refractivity contribution in [2.45, 2.75) is 13.5 Å². The zero-order chi connectivity index (χ0) is 9.80. The number of nitrogens with one attached hydrogen (secondary N) is 2. The summed E-state index contributed by atoms with van der Waals surface area (Å²) in [7, 11) is 0. The standard InChI is InChI=1S/C7H10N6S/c1-2-8-4-6-11-12-7(14-6)5-3-9-13-10-5/h3,8H,2,4H2,1H3,(H,9,10,13). The highest BCUT2D eigenvalue weighted by molar-refractivity contribution is 7.14. The molecule has 0 aromatic carbocycles. The van der Waals surface area contributed by atoms with Crippen molar-refractivity contribution in [3.63, 3.8) is 0 Å². The minimum absolute atomic E-state index is 0.741. The molecule has 0 saturated carbocycles. The van der Waals surface area contributed by atoms with Crippen molar-refractivity contribution in [3.8, 4) is 10.7 Å². The van der Waals surface area contributed by atoms with Gasteiger partial charge in [0.25, 0.3) is 0 Å². The van der Waals surface area contributed by atoms with Crippen LogP contribution in [0.3, 0.4) is 0 Å². The van der Waals surface area contributed by atoms with E-state index >= 15 is 0 Å². The minimum Gasteiger partial charge on any atom is -0.311 e. The number of rotatable bonds is 4. The molecule has 2 rings (SSSR count). The first-order valence-electron chi connectivity index (χ1n) is 4.29. The SMILES string of the molecule is CCNCc1nnc(-c2cn[nH]n2)s1. The topological polar surface area (TPSA) is 79.4 Å². The van der Waals surface area contributed by atoms with Crippen LogP contribution in [0.4, 0.5) is 0 Å². The normalized spacial score (nSPS) is 10.6. The van der Waals surface area contributed by atoms with Crippen LogP contribution in [0.5, 0.6) is 0 Å². The quantitative estimate of drug-likeness (QED) is 0.765. The molecule has 14 heavy (non-hydrogen) atoms. The fourth-order valence-corrected chi connectivity index (χ4v) is 1.73. The predicted molar refractivity (Wildman–Crippen MR) is 52.7 cm³/mol. The van der Waals surface area contributed by atoms with Gasteiger partial charge in [-0.1, -0.05) is 18.3 Å². The Hall–Kier alpha value is -1.34. The van der Waals surface area contributed by atoms with E-state index in [1.54, 1.807) is 6.20 Å². The highest BCUT2D eigenvalue weighted by atomic mass is 32.1. The van der Waals surface area contributed by atoms with Crippen LogP contribution in [0.25, 0.3) is 10.7 Å². The molecule has 0 amide bonds. The lowest BCUT2D eigenvalue weighted by molar-refractivity contribution is 0.715. The first kappa shape index (κ1) is 9.22. The smallest absolute Gasteiger partial charge is 0.169 e. The van der Waals surface area contributed by atoms with Crippen LogP contribution >= 0.6 is 11.3 Å². The highest BCUT2D eigenvalue weighted by Gasteiger charge is 2.07. The third-order valence-corrected chi connectivity index (χ3v) is 2.57. The zero-order valence-electron chi connectivity index (χ0n) is 7.69. The molecule has 2 aromatic heterocycles. The zero-order valence-corrected chi connectivity index (χ0v) is 8.51. The molecule has 2 heterocycles. The molecule has 2 N–H and O–H groups in total. The molecule has 0 saturated heterocycles. The lowest BCUT2D eigenvalue weighted by Crippen LogP contribution is -2.11. The third kappa shape index (κ3) is 1.94. The lowest BCUT2D eigenvalue weighted by atomic mass is 10.5. The Balaban J connectivity index is 2.10. The van der Waals surface area contributed by atoms with Gasteiger partial charge >= 0.3 is 0 Å². The van der Waals surface area contributed by atoms with Gasteiger partial charge in [-0.3, -0.25) is 0 Å². The summed E-state index contributed by atoms with van der Waals surface area (Å²) in [6.07, 6.45) is 1.64. The summed E-state index contributed by atoms with van der Waals surface area (Å²) < 4.78 is 0. The van der Waals surface area contributed by atoms with E-state index in [4.69, 9.17) is 0 Å². The maximum absolute atomic E-state index is 4.03. The average Bonchev–Trinajstić information content (AvgIpc) is 2.85. The van der Waals surface area contributed by atoms with E-state index in [-0.39, 0.29) is 0 Å². The number of nitrogens with zero attached hydrogens (tertiary/aromatic N) is 4. The molecule has 0 aliphatic heterocycles. The van der Waals surface area contributed by atoms with Gasteiger partial charge in [-0.2, -0.15) is 15.4 Å². The van der Waals surface area contributed by atoms with Gasteiger partial charge in [0, 0.05) is 6.54 Å². The molecule has 0 radical (unpaired) electrons. The van der Waals surface area contributed by atoms with Crippen molar-refractivity contribution in [1.29, 1.82) is 0 Å². The highest BCUT2D eigenvalue weighted by Crippen LogP contribution is 2.19. The molecule has 0 aliphatic carbocycles. The van der Waals surface area contributed by atoms with Crippen molar-refractivity contribution in [2.24, 2.45) is 0 Å². The average molecular weight is 210 g/mol. The van der Waals surface area contributed by atoms with Gasteiger partial charge < -0.3 is 5.32 Å². The van der Waals surface area contributed by atoms with Gasteiger partial charge in [-0.25, -0.2) is 0 Å². The van der Waals surface area contributed by atoms with Crippen molar-refractivity contribution in [3.05, 3.63) is 11.2 Å². The molecule has 0 bridgehead atoms. The number of H-pyrrole nitrogens is 1. The van der Waals surface area contributed by atoms with E-state index in [9.17, 15) is 0 Å². The maximum Gasteiger partial charge on any atom is 0.169 e. The van der Waals surface area contributed by atoms with Crippen molar-refractivity contribution in [1.82, 2.24) is 30.9 Å². The Morgan fingerprint density at radius 3 is 3.14 bits per heavy atom. The Labute approximate surface area is 84.8 Å². The predicted octanol–water partition coefficient (Wildman–Crippen LogP) is 0.433. The summed E-state index contributed by atoms with van der Waals surface area (Å²) in [5.74, 6) is 0. The molecule has 2 aromatic rings. The number of aromatic amines is 1. The van der Waals surface area contributed by atoms with E-state index in [2.05, 4.69) is 37.8 Å². The molecule has 0 atom stereocenters. The van der Waals surface area contributed by atoms with Gasteiger partial charge in [0.15, 0.2) is 5.01 Å². The summed E-state index contributed by atoms with van der Waals surface area (Å²) in [4.78, 5) is 0. The summed E-state index contributed by atoms with van der Waals surface area (Å²) in [5, 5.41) is 23.2. The van der Waals surface area contributed by atoms with Gasteiger partial charge in [0.2, 0.25) is 0 Å². The molecule has 0 spiro atoms. The molecular weight excluding hydrogens is 200 g/mol. The second kappa shape index (κ2) is 4.25. The lowest BCUT2D eigenvalue weighted by Gasteiger charge is -1.92. The first-order valence-corrected chi connectivity index (χ1v) is 5.11. The maximum atomic E-state index is 4.03. The number of hydrogen-bond donors (Lipinski definition) is 2. The molecule has 0 aliphatic rings. The second-order valence-electron chi connectivity index (χ2n) is 2.64. The van der Waals surface area contributed by atoms with Crippen molar-refractivity contribution in [2.75, 3.05) is 6.54 Å². The van der Waals surface area contributed by atoms with E-state index < -0.39 is 0 Å². The monoisotopic (exact) mass is 210 g/mol. The third-order valence-electron chi connectivity index (χ3n) is 1.63. The van der Waals surface area contributed by atoms with Crippen LogP contribution in [0.2, 0.25) is 0 Å². The van der Waals surface area contributed by atoms with Gasteiger partial charge in [0.05, 0.1) is 6.20 Å². The summed E-state index contributed by atoms with van der Waals surface area (Å²) in [6.45, 7) is 3.74. The van der Waals surface area contributed by atoms with Crippen LogP contribution in [-0.2, 0) is 6.54 Å². The second-order valence-corrected chi connectivity index (χ2v) is 3.70. The Morgan fingerprint density at radius 1 is 1.50 bits per heavy atom.